The zero-order valence-corrected chi connectivity index (χ0v) is 16.7. The maximum atomic E-state index is 12.4. The lowest BCUT2D eigenvalue weighted by Gasteiger charge is -2.37. The third kappa shape index (κ3) is 5.38. The summed E-state index contributed by atoms with van der Waals surface area (Å²) in [6, 6.07) is 0. The highest BCUT2D eigenvalue weighted by atomic mass is 32.2. The molecule has 1 aliphatic carbocycles. The molecule has 0 bridgehead atoms. The van der Waals surface area contributed by atoms with Gasteiger partial charge in [0.05, 0.1) is 18.4 Å². The van der Waals surface area contributed by atoms with E-state index >= 15 is 0 Å². The van der Waals surface area contributed by atoms with Crippen molar-refractivity contribution in [2.45, 2.75) is 57.7 Å². The predicted molar refractivity (Wildman–Crippen MR) is 101 cm³/mol. The molecule has 2 fully saturated rings. The van der Waals surface area contributed by atoms with Gasteiger partial charge in [-0.1, -0.05) is 20.3 Å². The van der Waals surface area contributed by atoms with Crippen LogP contribution in [-0.4, -0.2) is 41.2 Å². The number of hydrogen-bond acceptors (Lipinski definition) is 5. The van der Waals surface area contributed by atoms with Gasteiger partial charge in [-0.05, 0) is 48.7 Å². The number of carboxylic acid groups (broad SMARTS) is 1. The quantitative estimate of drug-likeness (QED) is 0.655. The molecule has 1 aliphatic heterocycles. The third-order valence-corrected chi connectivity index (χ3v) is 7.42. The molecule has 2 N–H and O–H groups in total. The first-order valence-corrected chi connectivity index (χ1v) is 10.6. The van der Waals surface area contributed by atoms with E-state index in [1.807, 2.05) is 0 Å². The van der Waals surface area contributed by atoms with Gasteiger partial charge >= 0.3 is 11.9 Å². The molecule has 7 heteroatoms. The van der Waals surface area contributed by atoms with Crippen molar-refractivity contribution in [2.75, 3.05) is 12.9 Å². The van der Waals surface area contributed by atoms with Crippen LogP contribution >= 0.6 is 11.8 Å². The highest BCUT2D eigenvalue weighted by Gasteiger charge is 2.47. The third-order valence-electron chi connectivity index (χ3n) is 6.07. The minimum atomic E-state index is -0.902. The number of carbonyl (C=O) groups excluding carboxylic acids is 2. The maximum absolute atomic E-state index is 12.4. The molecule has 2 rings (SSSR count). The Balaban J connectivity index is 1.98. The van der Waals surface area contributed by atoms with Gasteiger partial charge in [0.1, 0.15) is 0 Å². The number of esters is 1. The lowest BCUT2D eigenvalue weighted by Crippen LogP contribution is -2.43. The van der Waals surface area contributed by atoms with Gasteiger partial charge in [-0.3, -0.25) is 14.4 Å². The van der Waals surface area contributed by atoms with E-state index in [0.717, 1.165) is 24.5 Å². The summed E-state index contributed by atoms with van der Waals surface area (Å²) in [5, 5.41) is 11.3. The maximum Gasteiger partial charge on any atom is 0.311 e. The van der Waals surface area contributed by atoms with Crippen LogP contribution in [0.25, 0.3) is 0 Å². The summed E-state index contributed by atoms with van der Waals surface area (Å²) in [6.07, 6.45) is 3.89. The molecule has 6 nitrogen and oxygen atoms in total. The van der Waals surface area contributed by atoms with Gasteiger partial charge in [-0.25, -0.2) is 0 Å². The first-order chi connectivity index (χ1) is 12.3. The summed E-state index contributed by atoms with van der Waals surface area (Å²) in [6.45, 7) is 4.58. The van der Waals surface area contributed by atoms with Crippen LogP contribution in [-0.2, 0) is 19.1 Å². The van der Waals surface area contributed by atoms with E-state index in [9.17, 15) is 14.4 Å². The zero-order chi connectivity index (χ0) is 19.3. The lowest BCUT2D eigenvalue weighted by atomic mass is 9.68. The average Bonchev–Trinajstić information content (AvgIpc) is 2.99. The van der Waals surface area contributed by atoms with Crippen LogP contribution in [0, 0.1) is 29.6 Å². The average molecular weight is 386 g/mol. The van der Waals surface area contributed by atoms with Crippen LogP contribution in [0.2, 0.25) is 0 Å². The monoisotopic (exact) mass is 385 g/mol. The second-order valence-electron chi connectivity index (χ2n) is 7.81. The Kier molecular flexibility index (Phi) is 7.80. The molecule has 1 saturated heterocycles. The largest absolute Gasteiger partial charge is 0.481 e. The van der Waals surface area contributed by atoms with Gasteiger partial charge in [0, 0.05) is 12.8 Å². The number of methoxy groups -OCH3 is 1. The number of nitrogens with one attached hydrogen (secondary N) is 1. The first kappa shape index (κ1) is 21.1. The molecule has 0 aromatic heterocycles. The summed E-state index contributed by atoms with van der Waals surface area (Å²) in [5.74, 6) is 1.29. The van der Waals surface area contributed by atoms with E-state index in [1.165, 1.54) is 13.5 Å². The first-order valence-electron chi connectivity index (χ1n) is 9.54. The van der Waals surface area contributed by atoms with Crippen LogP contribution in [0.3, 0.4) is 0 Å². The van der Waals surface area contributed by atoms with Crippen molar-refractivity contribution in [3.05, 3.63) is 0 Å². The molecule has 6 atom stereocenters. The fraction of sp³-hybridized carbons (Fsp3) is 0.842. The number of carbonyl (C=O) groups is 3. The van der Waals surface area contributed by atoms with Gasteiger partial charge in [0.25, 0.3) is 0 Å². The SMILES string of the molecule is COC(=O)C1C(NC(=O)CCCC(=O)O)SCC1C1CCC(C)C(C)C1. The van der Waals surface area contributed by atoms with Gasteiger partial charge in [0.2, 0.25) is 5.91 Å². The summed E-state index contributed by atoms with van der Waals surface area (Å²) >= 11 is 1.62. The van der Waals surface area contributed by atoms with Crippen molar-refractivity contribution >= 4 is 29.6 Å². The minimum Gasteiger partial charge on any atom is -0.481 e. The van der Waals surface area contributed by atoms with E-state index in [1.54, 1.807) is 11.8 Å². The molecule has 1 heterocycles. The topological polar surface area (TPSA) is 92.7 Å². The zero-order valence-electron chi connectivity index (χ0n) is 15.9. The number of carboxylic acids is 1. The number of rotatable bonds is 7. The van der Waals surface area contributed by atoms with Crippen molar-refractivity contribution in [3.63, 3.8) is 0 Å². The second kappa shape index (κ2) is 9.62. The van der Waals surface area contributed by atoms with E-state index in [-0.39, 0.29) is 41.9 Å². The van der Waals surface area contributed by atoms with E-state index in [2.05, 4.69) is 19.2 Å². The van der Waals surface area contributed by atoms with Gasteiger partial charge in [0.15, 0.2) is 0 Å². The number of ether oxygens (including phenoxy) is 1. The fourth-order valence-electron chi connectivity index (χ4n) is 4.25. The molecule has 0 aromatic carbocycles. The second-order valence-corrected chi connectivity index (χ2v) is 8.98. The summed E-state index contributed by atoms with van der Waals surface area (Å²) in [4.78, 5) is 35.2. The van der Waals surface area contributed by atoms with E-state index in [4.69, 9.17) is 9.84 Å². The number of hydrogen-bond donors (Lipinski definition) is 2. The Morgan fingerprint density at radius 3 is 2.50 bits per heavy atom. The Morgan fingerprint density at radius 2 is 1.88 bits per heavy atom. The predicted octanol–water partition coefficient (Wildman–Crippen LogP) is 2.91. The van der Waals surface area contributed by atoms with Crippen molar-refractivity contribution in [3.8, 4) is 0 Å². The molecule has 1 saturated carbocycles. The summed E-state index contributed by atoms with van der Waals surface area (Å²) in [7, 11) is 1.40. The van der Waals surface area contributed by atoms with Crippen molar-refractivity contribution in [1.29, 1.82) is 0 Å². The summed E-state index contributed by atoms with van der Waals surface area (Å²) < 4.78 is 5.05. The Labute approximate surface area is 159 Å². The van der Waals surface area contributed by atoms with Crippen LogP contribution in [0.1, 0.15) is 52.4 Å². The molecular weight excluding hydrogens is 354 g/mol. The molecule has 2 aliphatic rings. The van der Waals surface area contributed by atoms with Crippen LogP contribution in [0.5, 0.6) is 0 Å². The highest BCUT2D eigenvalue weighted by Crippen LogP contribution is 2.47. The smallest absolute Gasteiger partial charge is 0.311 e. The Hall–Kier alpha value is -1.24. The van der Waals surface area contributed by atoms with E-state index in [0.29, 0.717) is 18.3 Å². The van der Waals surface area contributed by atoms with Crippen LogP contribution in [0.15, 0.2) is 0 Å². The standard InChI is InChI=1S/C19H31NO5S/c1-11-7-8-13(9-12(11)2)14-10-26-18(17(14)19(24)25-3)20-15(21)5-4-6-16(22)23/h11-14,17-18H,4-10H2,1-3H3,(H,20,21)(H,22,23). The summed E-state index contributed by atoms with van der Waals surface area (Å²) in [5.41, 5.74) is 0. The number of aliphatic carboxylic acids is 1. The number of amides is 1. The van der Waals surface area contributed by atoms with Crippen molar-refractivity contribution < 1.29 is 24.2 Å². The molecule has 6 unspecified atom stereocenters. The van der Waals surface area contributed by atoms with Crippen molar-refractivity contribution in [2.24, 2.45) is 29.6 Å². The van der Waals surface area contributed by atoms with Crippen LogP contribution < -0.4 is 5.32 Å². The Bertz CT molecular complexity index is 526. The van der Waals surface area contributed by atoms with Gasteiger partial charge in [-0.15, -0.1) is 11.8 Å². The molecule has 0 spiro atoms. The molecular formula is C19H31NO5S. The fourth-order valence-corrected chi connectivity index (χ4v) is 5.90. The van der Waals surface area contributed by atoms with Crippen molar-refractivity contribution in [1.82, 2.24) is 5.32 Å². The normalized spacial score (nSPS) is 34.3. The Morgan fingerprint density at radius 1 is 1.15 bits per heavy atom. The van der Waals surface area contributed by atoms with Gasteiger partial charge < -0.3 is 15.2 Å². The number of thioether (sulfide) groups is 1. The van der Waals surface area contributed by atoms with Crippen LogP contribution in [0.4, 0.5) is 0 Å². The molecule has 1 amide bonds. The molecule has 0 radical (unpaired) electrons. The van der Waals surface area contributed by atoms with E-state index < -0.39 is 5.97 Å². The molecule has 0 aromatic rings. The highest BCUT2D eigenvalue weighted by molar-refractivity contribution is 8.00. The molecule has 26 heavy (non-hydrogen) atoms. The lowest BCUT2D eigenvalue weighted by molar-refractivity contribution is -0.148. The molecule has 148 valence electrons. The minimum absolute atomic E-state index is 0.0214. The van der Waals surface area contributed by atoms with Gasteiger partial charge in [-0.2, -0.15) is 0 Å².